The van der Waals surface area contributed by atoms with E-state index in [0.717, 1.165) is 0 Å². The fourth-order valence-corrected chi connectivity index (χ4v) is 5.24. The summed E-state index contributed by atoms with van der Waals surface area (Å²) in [5.41, 5.74) is 7.09. The van der Waals surface area contributed by atoms with Crippen LogP contribution in [0.1, 0.15) is 15.9 Å². The van der Waals surface area contributed by atoms with Crippen molar-refractivity contribution in [2.75, 3.05) is 25.4 Å². The number of carbonyl (C=O) groups is 2. The summed E-state index contributed by atoms with van der Waals surface area (Å²) in [5.74, 6) is -1.02. The molecule has 29 heavy (non-hydrogen) atoms. The molecule has 150 valence electrons. The van der Waals surface area contributed by atoms with Crippen LogP contribution in [-0.2, 0) is 4.75 Å². The highest BCUT2D eigenvalue weighted by molar-refractivity contribution is 8.14. The van der Waals surface area contributed by atoms with Gasteiger partial charge in [0.2, 0.25) is 0 Å². The zero-order valence-electron chi connectivity index (χ0n) is 15.3. The lowest BCUT2D eigenvalue weighted by molar-refractivity contribution is 0.0977. The highest BCUT2D eigenvalue weighted by atomic mass is 32.2. The van der Waals surface area contributed by atoms with E-state index in [-0.39, 0.29) is 31.5 Å². The normalized spacial score (nSPS) is 23.3. The Morgan fingerprint density at radius 3 is 2.76 bits per heavy atom. The Kier molecular flexibility index (Phi) is 4.91. The number of aliphatic imine (C=N–C) groups is 1. The summed E-state index contributed by atoms with van der Waals surface area (Å²) in [5, 5.41) is 12.6. The number of hydrogen-bond acceptors (Lipinski definition) is 5. The third-order valence-electron chi connectivity index (χ3n) is 5.23. The maximum atomic E-state index is 14.8. The van der Waals surface area contributed by atoms with Crippen molar-refractivity contribution >= 4 is 34.6 Å². The van der Waals surface area contributed by atoms with Gasteiger partial charge in [-0.2, -0.15) is 0 Å². The number of nitrogen functional groups attached to an aromatic ring is 1. The van der Waals surface area contributed by atoms with Crippen molar-refractivity contribution in [2.24, 2.45) is 10.9 Å². The van der Waals surface area contributed by atoms with Gasteiger partial charge >= 0.3 is 6.09 Å². The van der Waals surface area contributed by atoms with Crippen molar-refractivity contribution in [3.63, 3.8) is 0 Å². The van der Waals surface area contributed by atoms with E-state index in [1.807, 2.05) is 6.07 Å². The average Bonchev–Trinajstić information content (AvgIpc) is 3.11. The van der Waals surface area contributed by atoms with Crippen molar-refractivity contribution in [3.05, 3.63) is 65.5 Å². The van der Waals surface area contributed by atoms with E-state index < -0.39 is 16.7 Å². The zero-order chi connectivity index (χ0) is 20.6. The third kappa shape index (κ3) is 3.53. The van der Waals surface area contributed by atoms with E-state index in [2.05, 4.69) is 10.3 Å². The lowest BCUT2D eigenvalue weighted by Crippen LogP contribution is -2.43. The Hall–Kier alpha value is -3.07. The molecule has 0 saturated carbocycles. The van der Waals surface area contributed by atoms with Crippen LogP contribution in [-0.4, -0.2) is 46.8 Å². The molecule has 2 unspecified atom stereocenters. The van der Waals surface area contributed by atoms with E-state index in [9.17, 15) is 19.1 Å². The van der Waals surface area contributed by atoms with Crippen molar-refractivity contribution in [1.29, 1.82) is 0 Å². The standard InChI is InChI=1S/C20H19FN4O3S/c21-16-7-6-14(22)8-15(16)20-11-25(19(27)28)10-13(20)9-23-18(29-20)24-17(26)12-4-2-1-3-5-12/h1-8,13H,9-11,22H2,(H,27,28)(H,23,24,26). The van der Waals surface area contributed by atoms with Crippen LogP contribution < -0.4 is 11.1 Å². The minimum atomic E-state index is -1.07. The molecule has 2 aromatic carbocycles. The van der Waals surface area contributed by atoms with Gasteiger partial charge in [0.1, 0.15) is 5.82 Å². The number of thioether (sulfide) groups is 1. The lowest BCUT2D eigenvalue weighted by Gasteiger charge is -2.37. The van der Waals surface area contributed by atoms with Gasteiger partial charge in [0.15, 0.2) is 5.17 Å². The number of hydrogen-bond donors (Lipinski definition) is 3. The molecule has 4 N–H and O–H groups in total. The van der Waals surface area contributed by atoms with E-state index in [1.54, 1.807) is 30.3 Å². The van der Waals surface area contributed by atoms with Gasteiger partial charge in [-0.15, -0.1) is 0 Å². The molecule has 2 amide bonds. The maximum Gasteiger partial charge on any atom is 0.407 e. The van der Waals surface area contributed by atoms with Crippen LogP contribution in [0.5, 0.6) is 0 Å². The van der Waals surface area contributed by atoms with Crippen LogP contribution in [0.2, 0.25) is 0 Å². The van der Waals surface area contributed by atoms with Crippen molar-refractivity contribution in [3.8, 4) is 0 Å². The first-order chi connectivity index (χ1) is 13.9. The second-order valence-corrected chi connectivity index (χ2v) is 8.38. The molecule has 1 saturated heterocycles. The Labute approximate surface area is 170 Å². The number of amidine groups is 1. The highest BCUT2D eigenvalue weighted by Crippen LogP contribution is 2.51. The van der Waals surface area contributed by atoms with E-state index >= 15 is 0 Å². The SMILES string of the molecule is Nc1ccc(F)c(C23CN(C(=O)O)CC2CN=C(NC(=O)c2ccccc2)S3)c1. The number of fused-ring (bicyclic) bond motifs is 1. The van der Waals surface area contributed by atoms with Gasteiger partial charge in [-0.3, -0.25) is 9.79 Å². The van der Waals surface area contributed by atoms with Crippen LogP contribution >= 0.6 is 11.8 Å². The molecule has 2 heterocycles. The van der Waals surface area contributed by atoms with Gasteiger partial charge in [0.05, 0.1) is 4.75 Å². The predicted molar refractivity (Wildman–Crippen MR) is 109 cm³/mol. The van der Waals surface area contributed by atoms with Gasteiger partial charge in [-0.05, 0) is 30.3 Å². The van der Waals surface area contributed by atoms with E-state index in [1.165, 1.54) is 28.8 Å². The maximum absolute atomic E-state index is 14.8. The Balaban J connectivity index is 1.68. The molecule has 2 aliphatic rings. The quantitative estimate of drug-likeness (QED) is 0.655. The van der Waals surface area contributed by atoms with Crippen LogP contribution in [0.3, 0.4) is 0 Å². The second-order valence-electron chi connectivity index (χ2n) is 7.06. The number of anilines is 1. The number of nitrogens with two attached hydrogens (primary N) is 1. The number of carboxylic acid groups (broad SMARTS) is 1. The molecule has 0 aliphatic carbocycles. The molecule has 2 aliphatic heterocycles. The fraction of sp³-hybridized carbons (Fsp3) is 0.250. The predicted octanol–water partition coefficient (Wildman–Crippen LogP) is 2.75. The molecular formula is C20H19FN4O3S. The van der Waals surface area contributed by atoms with Gasteiger partial charge in [0.25, 0.3) is 5.91 Å². The molecule has 2 atom stereocenters. The van der Waals surface area contributed by atoms with Crippen LogP contribution in [0.4, 0.5) is 14.9 Å². The number of rotatable bonds is 2. The van der Waals surface area contributed by atoms with E-state index in [4.69, 9.17) is 5.73 Å². The molecule has 0 bridgehead atoms. The number of likely N-dealkylation sites (tertiary alicyclic amines) is 1. The van der Waals surface area contributed by atoms with E-state index in [0.29, 0.717) is 22.0 Å². The number of carbonyl (C=O) groups excluding carboxylic acids is 1. The van der Waals surface area contributed by atoms with Crippen molar-refractivity contribution in [1.82, 2.24) is 10.2 Å². The summed E-state index contributed by atoms with van der Waals surface area (Å²) < 4.78 is 13.9. The molecule has 0 radical (unpaired) electrons. The first-order valence-corrected chi connectivity index (χ1v) is 9.84. The zero-order valence-corrected chi connectivity index (χ0v) is 16.2. The summed E-state index contributed by atoms with van der Waals surface area (Å²) in [6.45, 7) is 0.591. The minimum Gasteiger partial charge on any atom is -0.465 e. The Bertz CT molecular complexity index is 1000. The van der Waals surface area contributed by atoms with Crippen LogP contribution in [0.25, 0.3) is 0 Å². The first kappa shape index (κ1) is 19.3. The molecule has 4 rings (SSSR count). The van der Waals surface area contributed by atoms with Gasteiger partial charge in [0, 0.05) is 42.4 Å². The highest BCUT2D eigenvalue weighted by Gasteiger charge is 2.53. The Morgan fingerprint density at radius 2 is 2.03 bits per heavy atom. The number of nitrogens with one attached hydrogen (secondary N) is 1. The van der Waals surface area contributed by atoms with Gasteiger partial charge in [-0.25, -0.2) is 9.18 Å². The number of benzene rings is 2. The molecule has 2 aromatic rings. The largest absolute Gasteiger partial charge is 0.465 e. The monoisotopic (exact) mass is 414 g/mol. The third-order valence-corrected chi connectivity index (χ3v) is 6.70. The summed E-state index contributed by atoms with van der Waals surface area (Å²) >= 11 is 1.19. The number of nitrogens with zero attached hydrogens (tertiary/aromatic N) is 2. The van der Waals surface area contributed by atoms with Crippen LogP contribution in [0.15, 0.2) is 53.5 Å². The number of amides is 2. The second kappa shape index (κ2) is 7.40. The molecular weight excluding hydrogens is 395 g/mol. The average molecular weight is 414 g/mol. The molecule has 9 heteroatoms. The smallest absolute Gasteiger partial charge is 0.407 e. The molecule has 0 spiro atoms. The minimum absolute atomic E-state index is 0.0816. The van der Waals surface area contributed by atoms with Crippen LogP contribution in [0, 0.1) is 11.7 Å². The number of halogens is 1. The molecule has 1 fully saturated rings. The summed E-state index contributed by atoms with van der Waals surface area (Å²) in [6.07, 6.45) is -1.07. The topological polar surface area (TPSA) is 108 Å². The summed E-state index contributed by atoms with van der Waals surface area (Å²) in [7, 11) is 0. The van der Waals surface area contributed by atoms with Crippen molar-refractivity contribution in [2.45, 2.75) is 4.75 Å². The fourth-order valence-electron chi connectivity index (χ4n) is 3.81. The molecule has 7 nitrogen and oxygen atoms in total. The van der Waals surface area contributed by atoms with Gasteiger partial charge < -0.3 is 21.1 Å². The lowest BCUT2D eigenvalue weighted by atomic mass is 9.87. The molecule has 0 aromatic heterocycles. The summed E-state index contributed by atoms with van der Waals surface area (Å²) in [4.78, 5) is 29.8. The Morgan fingerprint density at radius 1 is 1.28 bits per heavy atom. The van der Waals surface area contributed by atoms with Crippen molar-refractivity contribution < 1.29 is 19.1 Å². The van der Waals surface area contributed by atoms with Gasteiger partial charge in [-0.1, -0.05) is 30.0 Å². The summed E-state index contributed by atoms with van der Waals surface area (Å²) in [6, 6.07) is 13.0. The first-order valence-electron chi connectivity index (χ1n) is 9.02.